The van der Waals surface area contributed by atoms with Crippen molar-refractivity contribution < 1.29 is 26.6 Å². The van der Waals surface area contributed by atoms with Crippen LogP contribution in [0.5, 0.6) is 0 Å². The van der Waals surface area contributed by atoms with E-state index in [9.17, 15) is 4.79 Å². The quantitative estimate of drug-likeness (QED) is 0.388. The van der Waals surface area contributed by atoms with Gasteiger partial charge in [-0.2, -0.15) is 0 Å². The van der Waals surface area contributed by atoms with Crippen molar-refractivity contribution in [3.8, 4) is 0 Å². The lowest BCUT2D eigenvalue weighted by Gasteiger charge is -2.25. The van der Waals surface area contributed by atoms with Crippen molar-refractivity contribution in [1.29, 1.82) is 0 Å². The van der Waals surface area contributed by atoms with Crippen LogP contribution >= 0.6 is 0 Å². The monoisotopic (exact) mass is 175 g/mol. The highest BCUT2D eigenvalue weighted by molar-refractivity contribution is 5.87. The van der Waals surface area contributed by atoms with Crippen LogP contribution in [0.1, 0.15) is 7.79 Å². The van der Waals surface area contributed by atoms with Gasteiger partial charge >= 0.3 is 5.97 Å². The zero-order valence-electron chi connectivity index (χ0n) is 7.14. The lowest BCUT2D eigenvalue weighted by Crippen LogP contribution is -2.40. The van der Waals surface area contributed by atoms with E-state index in [1.807, 2.05) is 0 Å². The van der Waals surface area contributed by atoms with Crippen LogP contribution in [0, 0.1) is 0 Å². The SMILES string of the molecule is [2H]C1=C(C(=O)O)C[C@@H](O)[C@H](O)[C@@H]1O. The summed E-state index contributed by atoms with van der Waals surface area (Å²) in [6, 6.07) is -0.537. The summed E-state index contributed by atoms with van der Waals surface area (Å²) < 4.78 is 7.16. The van der Waals surface area contributed by atoms with Gasteiger partial charge in [0, 0.05) is 12.0 Å². The van der Waals surface area contributed by atoms with E-state index in [4.69, 9.17) is 21.8 Å². The molecule has 0 amide bonds. The Bertz CT molecular complexity index is 262. The Morgan fingerprint density at radius 3 is 2.67 bits per heavy atom. The van der Waals surface area contributed by atoms with Gasteiger partial charge < -0.3 is 20.4 Å². The molecule has 0 saturated carbocycles. The van der Waals surface area contributed by atoms with Crippen molar-refractivity contribution in [2.24, 2.45) is 0 Å². The summed E-state index contributed by atoms with van der Waals surface area (Å²) in [6.07, 6.45) is -4.73. The molecule has 68 valence electrons. The van der Waals surface area contributed by atoms with E-state index in [0.29, 0.717) is 0 Å². The Morgan fingerprint density at radius 2 is 2.17 bits per heavy atom. The molecule has 0 unspecified atom stereocenters. The zero-order valence-corrected chi connectivity index (χ0v) is 6.14. The van der Waals surface area contributed by atoms with Gasteiger partial charge in [0.15, 0.2) is 0 Å². The van der Waals surface area contributed by atoms with Gasteiger partial charge in [0.2, 0.25) is 0 Å². The van der Waals surface area contributed by atoms with Crippen LogP contribution in [0.15, 0.2) is 11.6 Å². The van der Waals surface area contributed by atoms with Gasteiger partial charge in [-0.1, -0.05) is 0 Å². The van der Waals surface area contributed by atoms with Crippen molar-refractivity contribution in [2.45, 2.75) is 24.7 Å². The van der Waals surface area contributed by atoms with Gasteiger partial charge in [0.25, 0.3) is 0 Å². The Labute approximate surface area is 70.0 Å². The molecule has 1 rings (SSSR count). The first-order valence-electron chi connectivity index (χ1n) is 3.92. The minimum atomic E-state index is -1.62. The highest BCUT2D eigenvalue weighted by atomic mass is 16.4. The summed E-state index contributed by atoms with van der Waals surface area (Å²) in [5, 5.41) is 35.8. The number of carboxylic acids is 1. The van der Waals surface area contributed by atoms with Gasteiger partial charge in [-0.3, -0.25) is 0 Å². The van der Waals surface area contributed by atoms with E-state index in [1.165, 1.54) is 0 Å². The Balaban J connectivity index is 3.01. The van der Waals surface area contributed by atoms with Crippen LogP contribution in [-0.2, 0) is 4.79 Å². The number of rotatable bonds is 1. The number of carboxylic acid groups (broad SMARTS) is 1. The molecule has 0 spiro atoms. The number of hydrogen-bond acceptors (Lipinski definition) is 4. The maximum Gasteiger partial charge on any atom is 0.331 e. The molecule has 5 nitrogen and oxygen atoms in total. The molecule has 4 N–H and O–H groups in total. The Hall–Kier alpha value is -0.910. The molecule has 0 radical (unpaired) electrons. The molecule has 0 aromatic rings. The molecule has 0 saturated heterocycles. The fraction of sp³-hybridized carbons (Fsp3) is 0.571. The first kappa shape index (κ1) is 7.72. The first-order chi connectivity index (χ1) is 5.95. The average Bonchev–Trinajstić information content (AvgIpc) is 2.07. The number of hydrogen-bond donors (Lipinski definition) is 4. The van der Waals surface area contributed by atoms with Gasteiger partial charge in [0.05, 0.1) is 7.47 Å². The van der Waals surface area contributed by atoms with E-state index in [2.05, 4.69) is 0 Å². The molecule has 0 aliphatic heterocycles. The minimum absolute atomic E-state index is 0.313. The van der Waals surface area contributed by atoms with Crippen molar-refractivity contribution in [3.05, 3.63) is 11.6 Å². The third-order valence-electron chi connectivity index (χ3n) is 1.71. The van der Waals surface area contributed by atoms with E-state index in [1.54, 1.807) is 0 Å². The molecule has 3 atom stereocenters. The van der Waals surface area contributed by atoms with Crippen LogP contribution in [0.25, 0.3) is 0 Å². The first-order valence-corrected chi connectivity index (χ1v) is 3.42. The second kappa shape index (κ2) is 3.22. The maximum atomic E-state index is 10.5. The van der Waals surface area contributed by atoms with Gasteiger partial charge in [-0.25, -0.2) is 4.79 Å². The fourth-order valence-electron chi connectivity index (χ4n) is 1.01. The number of carbonyl (C=O) groups is 1. The van der Waals surface area contributed by atoms with Crippen molar-refractivity contribution in [3.63, 3.8) is 0 Å². The van der Waals surface area contributed by atoms with E-state index in [0.717, 1.165) is 0 Å². The normalized spacial score (nSPS) is 37.9. The molecule has 1 aliphatic carbocycles. The molecular formula is C7H10O5. The third-order valence-corrected chi connectivity index (χ3v) is 1.71. The topological polar surface area (TPSA) is 98.0 Å². The maximum absolute atomic E-state index is 10.5. The summed E-state index contributed by atoms with van der Waals surface area (Å²) in [6.45, 7) is 0. The van der Waals surface area contributed by atoms with Gasteiger partial charge in [-0.05, 0) is 6.05 Å². The van der Waals surface area contributed by atoms with Crippen molar-refractivity contribution in [1.82, 2.24) is 0 Å². The zero-order chi connectivity index (χ0) is 10.2. The third kappa shape index (κ3) is 1.63. The van der Waals surface area contributed by atoms with Crippen LogP contribution < -0.4 is 0 Å². The fourth-order valence-corrected chi connectivity index (χ4v) is 1.01. The van der Waals surface area contributed by atoms with E-state index < -0.39 is 30.3 Å². The van der Waals surface area contributed by atoms with Gasteiger partial charge in [0.1, 0.15) is 12.2 Å². The van der Waals surface area contributed by atoms with E-state index >= 15 is 0 Å². The average molecular weight is 175 g/mol. The number of aliphatic hydroxyl groups excluding tert-OH is 3. The lowest BCUT2D eigenvalue weighted by molar-refractivity contribution is -0.134. The number of aliphatic carboxylic acids is 1. The molecule has 12 heavy (non-hydrogen) atoms. The van der Waals surface area contributed by atoms with Crippen molar-refractivity contribution in [2.75, 3.05) is 0 Å². The predicted molar refractivity (Wildman–Crippen MR) is 38.4 cm³/mol. The summed E-state index contributed by atoms with van der Waals surface area (Å²) in [7, 11) is 0. The van der Waals surface area contributed by atoms with Crippen LogP contribution in [0.4, 0.5) is 0 Å². The molecule has 0 aromatic heterocycles. The van der Waals surface area contributed by atoms with Crippen molar-refractivity contribution >= 4 is 5.97 Å². The summed E-state index contributed by atoms with van der Waals surface area (Å²) >= 11 is 0. The molecule has 0 heterocycles. The largest absolute Gasteiger partial charge is 0.478 e. The molecule has 1 aliphatic rings. The van der Waals surface area contributed by atoms with Gasteiger partial charge in [-0.15, -0.1) is 0 Å². The standard InChI is InChI=1S/C7H10O5/c8-4-1-3(7(11)12)2-5(9)6(4)10/h1,4-6,8-10H,2H2,(H,11,12)/t4-,5-,6-/m1/s1/i1D. The Morgan fingerprint density at radius 1 is 1.58 bits per heavy atom. The highest BCUT2D eigenvalue weighted by Crippen LogP contribution is 2.19. The van der Waals surface area contributed by atoms with Crippen LogP contribution in [-0.4, -0.2) is 44.7 Å². The predicted octanol–water partition coefficient (Wildman–Crippen LogP) is -1.52. The minimum Gasteiger partial charge on any atom is -0.478 e. The van der Waals surface area contributed by atoms with Crippen LogP contribution in [0.3, 0.4) is 0 Å². The van der Waals surface area contributed by atoms with Crippen LogP contribution in [0.2, 0.25) is 0 Å². The Kier molecular flexibility index (Phi) is 2.07. The summed E-state index contributed by atoms with van der Waals surface area (Å²) in [4.78, 5) is 10.5. The van der Waals surface area contributed by atoms with E-state index in [-0.39, 0.29) is 12.0 Å². The molecule has 0 bridgehead atoms. The molecule has 5 heteroatoms. The lowest BCUT2D eigenvalue weighted by atomic mass is 9.92. The molecule has 0 fully saturated rings. The molecule has 0 aromatic carbocycles. The second-order valence-electron chi connectivity index (χ2n) is 2.63. The molecular weight excluding hydrogens is 164 g/mol. The summed E-state index contributed by atoms with van der Waals surface area (Å²) in [5.74, 6) is -1.35. The second-order valence-corrected chi connectivity index (χ2v) is 2.63. The number of aliphatic hydroxyl groups is 3. The smallest absolute Gasteiger partial charge is 0.331 e. The summed E-state index contributed by atoms with van der Waals surface area (Å²) in [5.41, 5.74) is -0.356. The highest BCUT2D eigenvalue weighted by Gasteiger charge is 2.31.